The summed E-state index contributed by atoms with van der Waals surface area (Å²) in [6, 6.07) is 0.721. The maximum Gasteiger partial charge on any atom is 0.0740 e. The zero-order valence-electron chi connectivity index (χ0n) is 6.95. The fourth-order valence-electron chi connectivity index (χ4n) is 2.08. The summed E-state index contributed by atoms with van der Waals surface area (Å²) in [5.41, 5.74) is 0. The van der Waals surface area contributed by atoms with Gasteiger partial charge >= 0.3 is 0 Å². The van der Waals surface area contributed by atoms with Crippen LogP contribution in [-0.2, 0) is 4.74 Å². The van der Waals surface area contributed by atoms with Crippen molar-refractivity contribution in [1.82, 2.24) is 4.31 Å². The van der Waals surface area contributed by atoms with Crippen molar-refractivity contribution in [2.24, 2.45) is 0 Å². The van der Waals surface area contributed by atoms with Gasteiger partial charge in [-0.1, -0.05) is 11.9 Å². The van der Waals surface area contributed by atoms with Gasteiger partial charge in [-0.05, 0) is 25.5 Å². The van der Waals surface area contributed by atoms with Crippen LogP contribution in [-0.4, -0.2) is 35.9 Å². The van der Waals surface area contributed by atoms with Crippen LogP contribution in [0.5, 0.6) is 0 Å². The van der Waals surface area contributed by atoms with Gasteiger partial charge < -0.3 is 4.74 Å². The lowest BCUT2D eigenvalue weighted by molar-refractivity contribution is 0.0586. The van der Waals surface area contributed by atoms with Gasteiger partial charge in [0.15, 0.2) is 0 Å². The number of fused-ring (bicyclic) bond motifs is 1. The monoisotopic (exact) mass is 173 g/mol. The Morgan fingerprint density at radius 2 is 2.36 bits per heavy atom. The van der Waals surface area contributed by atoms with E-state index in [9.17, 15) is 0 Å². The molecule has 0 N–H and O–H groups in total. The number of ether oxygens (including phenoxy) is 1. The molecule has 0 spiro atoms. The van der Waals surface area contributed by atoms with E-state index in [4.69, 9.17) is 4.74 Å². The average Bonchev–Trinajstić information content (AvgIpc) is 2.50. The number of hydrogen-bond acceptors (Lipinski definition) is 3. The van der Waals surface area contributed by atoms with Gasteiger partial charge in [-0.15, -0.1) is 0 Å². The predicted molar refractivity (Wildman–Crippen MR) is 47.6 cm³/mol. The molecule has 0 aromatic rings. The lowest BCUT2D eigenvalue weighted by atomic mass is 10.0. The summed E-state index contributed by atoms with van der Waals surface area (Å²) >= 11 is 1.88. The van der Waals surface area contributed by atoms with Crippen LogP contribution in [0.1, 0.15) is 19.3 Å². The number of nitrogens with zero attached hydrogens (tertiary/aromatic N) is 1. The molecule has 64 valence electrons. The van der Waals surface area contributed by atoms with Crippen LogP contribution in [0.2, 0.25) is 0 Å². The molecule has 0 aromatic heterocycles. The minimum Gasteiger partial charge on any atom is -0.376 e. The molecule has 11 heavy (non-hydrogen) atoms. The van der Waals surface area contributed by atoms with Crippen molar-refractivity contribution in [1.29, 1.82) is 0 Å². The van der Waals surface area contributed by atoms with Gasteiger partial charge in [0.05, 0.1) is 6.10 Å². The van der Waals surface area contributed by atoms with Crippen LogP contribution in [0.3, 0.4) is 0 Å². The Labute approximate surface area is 72.4 Å². The summed E-state index contributed by atoms with van der Waals surface area (Å²) in [5, 5.41) is 0. The highest BCUT2D eigenvalue weighted by atomic mass is 32.2. The van der Waals surface area contributed by atoms with E-state index in [0.29, 0.717) is 6.10 Å². The smallest absolute Gasteiger partial charge is 0.0740 e. The van der Waals surface area contributed by atoms with Crippen molar-refractivity contribution in [2.45, 2.75) is 31.4 Å². The normalized spacial score (nSPS) is 39.0. The minimum atomic E-state index is 0.552. The van der Waals surface area contributed by atoms with Gasteiger partial charge in [0.2, 0.25) is 0 Å². The fourth-order valence-corrected chi connectivity index (χ4v) is 2.91. The topological polar surface area (TPSA) is 12.5 Å². The summed E-state index contributed by atoms with van der Waals surface area (Å²) < 4.78 is 8.12. The first-order valence-electron chi connectivity index (χ1n) is 4.34. The van der Waals surface area contributed by atoms with Crippen LogP contribution in [0.25, 0.3) is 0 Å². The third kappa shape index (κ3) is 1.42. The Kier molecular flexibility index (Phi) is 2.39. The summed E-state index contributed by atoms with van der Waals surface area (Å²) in [4.78, 5) is 0. The number of piperidine rings is 1. The maximum absolute atomic E-state index is 5.63. The van der Waals surface area contributed by atoms with Gasteiger partial charge in [0, 0.05) is 19.2 Å². The molecule has 0 aromatic carbocycles. The molecule has 3 heteroatoms. The summed E-state index contributed by atoms with van der Waals surface area (Å²) in [7, 11) is 0. The van der Waals surface area contributed by atoms with Crippen LogP contribution in [0.4, 0.5) is 0 Å². The van der Waals surface area contributed by atoms with Gasteiger partial charge in [-0.25, -0.2) is 4.31 Å². The van der Waals surface area contributed by atoms with E-state index in [2.05, 4.69) is 10.6 Å². The van der Waals surface area contributed by atoms with E-state index in [-0.39, 0.29) is 0 Å². The van der Waals surface area contributed by atoms with Crippen molar-refractivity contribution in [2.75, 3.05) is 19.4 Å². The highest BCUT2D eigenvalue weighted by molar-refractivity contribution is 7.96. The van der Waals surface area contributed by atoms with E-state index in [0.717, 1.165) is 12.6 Å². The lowest BCUT2D eigenvalue weighted by Crippen LogP contribution is -2.41. The van der Waals surface area contributed by atoms with E-state index < -0.39 is 0 Å². The van der Waals surface area contributed by atoms with Crippen LogP contribution in [0.15, 0.2) is 0 Å². The fraction of sp³-hybridized carbons (Fsp3) is 1.00. The third-order valence-corrected chi connectivity index (χ3v) is 3.57. The molecule has 0 radical (unpaired) electrons. The van der Waals surface area contributed by atoms with Gasteiger partial charge in [-0.2, -0.15) is 0 Å². The van der Waals surface area contributed by atoms with Crippen molar-refractivity contribution >= 4 is 11.9 Å². The Bertz CT molecular complexity index is 142. The van der Waals surface area contributed by atoms with E-state index >= 15 is 0 Å². The maximum atomic E-state index is 5.63. The van der Waals surface area contributed by atoms with Gasteiger partial charge in [0.25, 0.3) is 0 Å². The molecule has 2 aliphatic rings. The third-order valence-electron chi connectivity index (χ3n) is 2.65. The molecular formula is C8H15NOS. The van der Waals surface area contributed by atoms with Gasteiger partial charge in [-0.3, -0.25) is 0 Å². The molecule has 2 heterocycles. The van der Waals surface area contributed by atoms with E-state index in [1.807, 2.05) is 11.9 Å². The van der Waals surface area contributed by atoms with Crippen molar-refractivity contribution < 1.29 is 4.74 Å². The highest BCUT2D eigenvalue weighted by Gasteiger charge is 2.35. The molecule has 0 amide bonds. The first-order chi connectivity index (χ1) is 5.42. The molecule has 2 saturated heterocycles. The molecule has 2 fully saturated rings. The molecule has 2 atom stereocenters. The predicted octanol–water partition coefficient (Wildman–Crippen LogP) is 1.52. The van der Waals surface area contributed by atoms with Crippen molar-refractivity contribution in [3.05, 3.63) is 0 Å². The summed E-state index contributed by atoms with van der Waals surface area (Å²) in [5.74, 6) is 0. The first-order valence-corrected chi connectivity index (χ1v) is 5.52. The molecule has 2 rings (SSSR count). The number of hydrogen-bond donors (Lipinski definition) is 0. The largest absolute Gasteiger partial charge is 0.376 e. The molecule has 0 unspecified atom stereocenters. The zero-order chi connectivity index (χ0) is 7.68. The number of rotatable bonds is 1. The van der Waals surface area contributed by atoms with Crippen LogP contribution >= 0.6 is 11.9 Å². The van der Waals surface area contributed by atoms with Crippen LogP contribution in [0, 0.1) is 0 Å². The molecule has 0 saturated carbocycles. The second-order valence-corrected chi connectivity index (χ2v) is 4.06. The van der Waals surface area contributed by atoms with Crippen LogP contribution < -0.4 is 0 Å². The van der Waals surface area contributed by atoms with E-state index in [1.165, 1.54) is 25.8 Å². The summed E-state index contributed by atoms with van der Waals surface area (Å²) in [6.45, 7) is 2.23. The van der Waals surface area contributed by atoms with Gasteiger partial charge in [0.1, 0.15) is 0 Å². The average molecular weight is 173 g/mol. The first kappa shape index (κ1) is 7.90. The quantitative estimate of drug-likeness (QED) is 0.558. The molecular weight excluding hydrogens is 158 g/mol. The Morgan fingerprint density at radius 1 is 1.45 bits per heavy atom. The SMILES string of the molecule is CSN1CCC[C@H]2OCC[C@H]21. The van der Waals surface area contributed by atoms with E-state index in [1.54, 1.807) is 0 Å². The second-order valence-electron chi connectivity index (χ2n) is 3.23. The highest BCUT2D eigenvalue weighted by Crippen LogP contribution is 2.31. The zero-order valence-corrected chi connectivity index (χ0v) is 7.77. The summed E-state index contributed by atoms with van der Waals surface area (Å²) in [6.07, 6.45) is 6.55. The standard InChI is InChI=1S/C8H15NOS/c1-11-9-5-2-3-8-7(9)4-6-10-8/h7-8H,2-6H2,1H3/t7-,8-/m1/s1. The van der Waals surface area contributed by atoms with Crippen molar-refractivity contribution in [3.63, 3.8) is 0 Å². The Balaban J connectivity index is 2.00. The molecule has 0 aliphatic carbocycles. The second kappa shape index (κ2) is 3.33. The minimum absolute atomic E-state index is 0.552. The molecule has 2 aliphatic heterocycles. The lowest BCUT2D eigenvalue weighted by Gasteiger charge is -2.34. The molecule has 0 bridgehead atoms. The Morgan fingerprint density at radius 3 is 3.18 bits per heavy atom. The molecule has 2 nitrogen and oxygen atoms in total. The van der Waals surface area contributed by atoms with Crippen molar-refractivity contribution in [3.8, 4) is 0 Å². The Hall–Kier alpha value is 0.270.